The average molecular weight is 258 g/mol. The maximum Gasteiger partial charge on any atom is 0.357 e. The summed E-state index contributed by atoms with van der Waals surface area (Å²) in [4.78, 5) is 11.5. The van der Waals surface area contributed by atoms with E-state index >= 15 is 0 Å². The smallest absolute Gasteiger partial charge is 0.357 e. The van der Waals surface area contributed by atoms with Crippen molar-refractivity contribution in [1.82, 2.24) is 0 Å². The number of benzene rings is 1. The van der Waals surface area contributed by atoms with Gasteiger partial charge in [-0.25, -0.2) is 9.18 Å². The summed E-state index contributed by atoms with van der Waals surface area (Å²) in [6.45, 7) is 1.71. The number of carbonyl (C=O) groups is 1. The molecule has 0 bridgehead atoms. The van der Waals surface area contributed by atoms with Crippen molar-refractivity contribution < 1.29 is 19.0 Å². The fraction of sp³-hybridized carbons (Fsp3) is 0.417. The van der Waals surface area contributed by atoms with Crippen molar-refractivity contribution in [3.8, 4) is 0 Å². The Bertz CT molecular complexity index is 371. The number of hydrogen-bond acceptors (Lipinski definition) is 4. The minimum atomic E-state index is -2.47. The normalized spacial score (nSPS) is 16.0. The molecule has 1 N–H and O–H groups in total. The van der Waals surface area contributed by atoms with E-state index in [4.69, 9.17) is 0 Å². The van der Waals surface area contributed by atoms with Gasteiger partial charge in [0.15, 0.2) is 0 Å². The van der Waals surface area contributed by atoms with Crippen LogP contribution in [0.5, 0.6) is 0 Å². The summed E-state index contributed by atoms with van der Waals surface area (Å²) in [6, 6.07) is 8.23. The number of ether oxygens (including phenoxy) is 1. The predicted molar refractivity (Wildman–Crippen MR) is 65.4 cm³/mol. The number of thioether (sulfide) groups is 1. The van der Waals surface area contributed by atoms with Crippen molar-refractivity contribution in [3.63, 3.8) is 0 Å². The molecule has 3 nitrogen and oxygen atoms in total. The van der Waals surface area contributed by atoms with E-state index in [9.17, 15) is 14.3 Å². The highest BCUT2D eigenvalue weighted by atomic mass is 32.2. The second-order valence-electron chi connectivity index (χ2n) is 3.38. The largest absolute Gasteiger partial charge is 0.466 e. The van der Waals surface area contributed by atoms with Crippen molar-refractivity contribution in [2.75, 3.05) is 12.9 Å². The standard InChI is InChI=1S/C12H15FO3S/c1-3-17-12(13,11(15)16-2)10(14)9-7-5-4-6-8-9/h4-8,10,14H,3H2,1-2H3/t10?,12-/m1/s1. The third kappa shape index (κ3) is 2.98. The lowest BCUT2D eigenvalue weighted by atomic mass is 10.1. The Morgan fingerprint density at radius 1 is 1.53 bits per heavy atom. The molecule has 2 atom stereocenters. The van der Waals surface area contributed by atoms with E-state index in [0.29, 0.717) is 11.3 Å². The Labute approximate surface area is 104 Å². The molecule has 0 aliphatic heterocycles. The molecule has 1 rings (SSSR count). The number of methoxy groups -OCH3 is 1. The zero-order chi connectivity index (χ0) is 12.9. The van der Waals surface area contributed by atoms with Crippen LogP contribution in [0.25, 0.3) is 0 Å². The summed E-state index contributed by atoms with van der Waals surface area (Å²) in [6.07, 6.45) is -1.54. The maximum atomic E-state index is 14.5. The van der Waals surface area contributed by atoms with Crippen molar-refractivity contribution >= 4 is 17.7 Å². The van der Waals surface area contributed by atoms with Crippen molar-refractivity contribution in [1.29, 1.82) is 0 Å². The minimum Gasteiger partial charge on any atom is -0.466 e. The summed E-state index contributed by atoms with van der Waals surface area (Å²) >= 11 is 0.723. The highest BCUT2D eigenvalue weighted by molar-refractivity contribution is 8.01. The zero-order valence-electron chi connectivity index (χ0n) is 9.72. The highest BCUT2D eigenvalue weighted by Gasteiger charge is 2.48. The lowest BCUT2D eigenvalue weighted by Crippen LogP contribution is -2.38. The second-order valence-corrected chi connectivity index (χ2v) is 4.84. The number of aliphatic hydroxyl groups excluding tert-OH is 1. The van der Waals surface area contributed by atoms with Gasteiger partial charge in [-0.1, -0.05) is 37.3 Å². The first kappa shape index (κ1) is 14.0. The first-order valence-corrected chi connectivity index (χ1v) is 6.19. The number of halogens is 1. The summed E-state index contributed by atoms with van der Waals surface area (Å²) in [5.74, 6) is -0.712. The molecule has 0 heterocycles. The molecule has 0 aliphatic rings. The van der Waals surface area contributed by atoms with Gasteiger partial charge in [0.2, 0.25) is 0 Å². The fourth-order valence-electron chi connectivity index (χ4n) is 1.45. The maximum absolute atomic E-state index is 14.5. The highest BCUT2D eigenvalue weighted by Crippen LogP contribution is 2.40. The van der Waals surface area contributed by atoms with Crippen LogP contribution < -0.4 is 0 Å². The summed E-state index contributed by atoms with van der Waals surface area (Å²) < 4.78 is 18.9. The van der Waals surface area contributed by atoms with Crippen LogP contribution in [0.2, 0.25) is 0 Å². The van der Waals surface area contributed by atoms with Gasteiger partial charge < -0.3 is 9.84 Å². The Hall–Kier alpha value is -1.07. The van der Waals surface area contributed by atoms with Crippen LogP contribution in [-0.4, -0.2) is 28.9 Å². The molecule has 0 amide bonds. The molecule has 17 heavy (non-hydrogen) atoms. The van der Waals surface area contributed by atoms with E-state index in [0.717, 1.165) is 18.9 Å². The first-order chi connectivity index (χ1) is 8.06. The lowest BCUT2D eigenvalue weighted by molar-refractivity contribution is -0.154. The van der Waals surface area contributed by atoms with E-state index < -0.39 is 17.1 Å². The topological polar surface area (TPSA) is 46.5 Å². The number of alkyl halides is 1. The number of aliphatic hydroxyl groups is 1. The monoisotopic (exact) mass is 258 g/mol. The van der Waals surface area contributed by atoms with Crippen LogP contribution in [0.15, 0.2) is 30.3 Å². The molecule has 1 aromatic rings. The SMILES string of the molecule is CCS[C@@](F)(C(=O)OC)C(O)c1ccccc1. The number of hydrogen-bond donors (Lipinski definition) is 1. The van der Waals surface area contributed by atoms with Gasteiger partial charge in [-0.05, 0) is 11.3 Å². The molecule has 0 saturated carbocycles. The van der Waals surface area contributed by atoms with Gasteiger partial charge in [0.1, 0.15) is 6.10 Å². The molecular weight excluding hydrogens is 243 g/mol. The molecular formula is C12H15FO3S. The lowest BCUT2D eigenvalue weighted by Gasteiger charge is -2.26. The second kappa shape index (κ2) is 6.02. The molecule has 94 valence electrons. The van der Waals surface area contributed by atoms with Gasteiger partial charge >= 0.3 is 5.97 Å². The van der Waals surface area contributed by atoms with Gasteiger partial charge in [-0.3, -0.25) is 0 Å². The molecule has 1 aromatic carbocycles. The van der Waals surface area contributed by atoms with Crippen molar-refractivity contribution in [2.45, 2.75) is 18.0 Å². The molecule has 0 fully saturated rings. The predicted octanol–water partition coefficient (Wildman–Crippen LogP) is 2.31. The Balaban J connectivity index is 3.03. The van der Waals surface area contributed by atoms with E-state index in [2.05, 4.69) is 4.74 Å². The number of carbonyl (C=O) groups excluding carboxylic acids is 1. The van der Waals surface area contributed by atoms with E-state index in [1.807, 2.05) is 0 Å². The molecule has 5 heteroatoms. The van der Waals surface area contributed by atoms with Crippen LogP contribution in [0.3, 0.4) is 0 Å². The van der Waals surface area contributed by atoms with Gasteiger partial charge in [0, 0.05) is 0 Å². The molecule has 0 radical (unpaired) electrons. The number of rotatable bonds is 5. The fourth-order valence-corrected chi connectivity index (χ4v) is 2.36. The van der Waals surface area contributed by atoms with E-state index in [-0.39, 0.29) is 0 Å². The molecule has 0 aliphatic carbocycles. The third-order valence-corrected chi connectivity index (χ3v) is 3.38. The van der Waals surface area contributed by atoms with Crippen LogP contribution in [0, 0.1) is 0 Å². The quantitative estimate of drug-likeness (QED) is 0.823. The number of esters is 1. The van der Waals surface area contributed by atoms with Crippen molar-refractivity contribution in [2.24, 2.45) is 0 Å². The zero-order valence-corrected chi connectivity index (χ0v) is 10.5. The summed E-state index contributed by atoms with van der Waals surface area (Å²) in [7, 11) is 1.10. The summed E-state index contributed by atoms with van der Waals surface area (Å²) in [5.41, 5.74) is 0.348. The Morgan fingerprint density at radius 3 is 2.59 bits per heavy atom. The van der Waals surface area contributed by atoms with E-state index in [1.54, 1.807) is 37.3 Å². The van der Waals surface area contributed by atoms with Crippen LogP contribution in [-0.2, 0) is 9.53 Å². The molecule has 0 saturated heterocycles. The average Bonchev–Trinajstić information content (AvgIpc) is 2.38. The van der Waals surface area contributed by atoms with Gasteiger partial charge in [-0.2, -0.15) is 0 Å². The van der Waals surface area contributed by atoms with E-state index in [1.165, 1.54) is 0 Å². The van der Waals surface area contributed by atoms with Crippen LogP contribution in [0.1, 0.15) is 18.6 Å². The van der Waals surface area contributed by atoms with Crippen molar-refractivity contribution in [3.05, 3.63) is 35.9 Å². The van der Waals surface area contributed by atoms with Crippen LogP contribution >= 0.6 is 11.8 Å². The van der Waals surface area contributed by atoms with Gasteiger partial charge in [0.05, 0.1) is 7.11 Å². The third-order valence-electron chi connectivity index (χ3n) is 2.29. The molecule has 0 aromatic heterocycles. The van der Waals surface area contributed by atoms with Gasteiger partial charge in [-0.15, -0.1) is 11.8 Å². The summed E-state index contributed by atoms with van der Waals surface area (Å²) in [5, 5.41) is 7.51. The molecule has 0 spiro atoms. The Kier molecular flexibility index (Phi) is 4.96. The Morgan fingerprint density at radius 2 is 2.12 bits per heavy atom. The molecule has 1 unspecified atom stereocenters. The van der Waals surface area contributed by atoms with Crippen LogP contribution in [0.4, 0.5) is 4.39 Å². The minimum absolute atomic E-state index is 0.348. The first-order valence-electron chi connectivity index (χ1n) is 5.20. The van der Waals surface area contributed by atoms with Gasteiger partial charge in [0.25, 0.3) is 5.00 Å².